The fourth-order valence-electron chi connectivity index (χ4n) is 16.2. The van der Waals surface area contributed by atoms with Gasteiger partial charge in [0.15, 0.2) is 0 Å². The number of rotatable bonds is 8. The Bertz CT molecular complexity index is 5670. The number of anilines is 2. The van der Waals surface area contributed by atoms with E-state index in [4.69, 9.17) is 0 Å². The third-order valence-electron chi connectivity index (χ3n) is 21.6. The Balaban J connectivity index is 1.10. The number of allylic oxidation sites excluding steroid dienone is 2. The van der Waals surface area contributed by atoms with Crippen LogP contribution in [0.3, 0.4) is 0 Å². The molecule has 2 unspecified atom stereocenters. The third kappa shape index (κ3) is 10.2. The van der Waals surface area contributed by atoms with E-state index in [-0.39, 0.29) is 33.6 Å². The summed E-state index contributed by atoms with van der Waals surface area (Å²) in [7, 11) is 0. The molecule has 1 aliphatic heterocycles. The molecule has 0 saturated carbocycles. The molecular formula is C95H83N5. The van der Waals surface area contributed by atoms with Gasteiger partial charge >= 0.3 is 0 Å². The average Bonchev–Trinajstić information content (AvgIpc) is 1.50. The summed E-state index contributed by atoms with van der Waals surface area (Å²) >= 11 is 0. The van der Waals surface area contributed by atoms with Crippen LogP contribution in [0.15, 0.2) is 279 Å². The molecule has 0 N–H and O–H groups in total. The SMILES string of the molecule is CC(C)(C)C1=CC2c3cc(C(C)(C)C)ccc3N(c3c(-n4c5ccc(-c6ccccc6)cc5c5cc(-c6ccccc6)ccc54)cc(-n4c5ccc(-c6ccccc6)cc5c5cc(-c6ccccc6)ccc54)c(-n4c5ccc(C(C)(C)C)cc5c5cc(C(C)(C)C)ccc54)c3C#N)C2C=C1. The molecule has 100 heavy (non-hydrogen) atoms. The average molecular weight is 1290 g/mol. The van der Waals surface area contributed by atoms with Crippen LogP contribution in [0.4, 0.5) is 11.4 Å². The number of hydrogen-bond donors (Lipinski definition) is 0. The lowest BCUT2D eigenvalue weighted by Gasteiger charge is -2.35. The second kappa shape index (κ2) is 22.9. The van der Waals surface area contributed by atoms with Crippen molar-refractivity contribution in [3.63, 3.8) is 0 Å². The van der Waals surface area contributed by atoms with Crippen molar-refractivity contribution in [2.45, 2.75) is 111 Å². The van der Waals surface area contributed by atoms with Gasteiger partial charge in [0.1, 0.15) is 11.6 Å². The zero-order valence-electron chi connectivity index (χ0n) is 59.4. The first-order valence-corrected chi connectivity index (χ1v) is 35.5. The smallest absolute Gasteiger partial charge is 0.104 e. The lowest BCUT2D eigenvalue weighted by atomic mass is 9.77. The lowest BCUT2D eigenvalue weighted by molar-refractivity contribution is 0.507. The molecule has 2 atom stereocenters. The minimum absolute atomic E-state index is 0.0334. The van der Waals surface area contributed by atoms with Crippen LogP contribution < -0.4 is 4.90 Å². The topological polar surface area (TPSA) is 41.8 Å². The first-order valence-electron chi connectivity index (χ1n) is 35.5. The quantitative estimate of drug-likeness (QED) is 0.152. The highest BCUT2D eigenvalue weighted by Gasteiger charge is 2.44. The number of benzene rings is 12. The molecule has 3 aromatic heterocycles. The van der Waals surface area contributed by atoms with Crippen LogP contribution in [0.2, 0.25) is 0 Å². The van der Waals surface area contributed by atoms with Gasteiger partial charge in [-0.05, 0) is 179 Å². The Labute approximate surface area is 587 Å². The van der Waals surface area contributed by atoms with Gasteiger partial charge < -0.3 is 18.6 Å². The molecule has 4 heterocycles. The van der Waals surface area contributed by atoms with E-state index in [2.05, 4.69) is 381 Å². The minimum Gasteiger partial charge on any atom is -0.330 e. The predicted molar refractivity (Wildman–Crippen MR) is 424 cm³/mol. The first kappa shape index (κ1) is 62.3. The Hall–Kier alpha value is -11.2. The number of nitriles is 1. The molecule has 5 heteroatoms. The molecule has 0 bridgehead atoms. The summed E-state index contributed by atoms with van der Waals surface area (Å²) in [5.41, 5.74) is 26.3. The number of fused-ring (bicyclic) bond motifs is 12. The summed E-state index contributed by atoms with van der Waals surface area (Å²) in [6, 6.07) is 98.0. The van der Waals surface area contributed by atoms with Gasteiger partial charge in [-0.25, -0.2) is 0 Å². The standard InChI is InChI=1S/C95H83N5/c1-92(2,3)67-37-45-84-75(53-67)76-54-68(93(4,5)6)38-46-85(76)99(84)90-79(58-96)91(100-86-47-39-69(94(7,8)9)55-77(86)78-56-70(95(10,11)12)40-48-87(78)100)89(98-82-43-35-65(61-29-21-15-22-30-61)51-73(82)74-52-66(36-44-83(74)98)62-31-23-16-24-32-62)57-88(90)97-80-41-33-63(59-25-17-13-18-26-59)49-71(80)72-50-64(34-42-81(72)97)60-27-19-14-20-28-60/h13-57,75,84H,1-12H3. The first-order chi connectivity index (χ1) is 48.1. The second-order valence-corrected chi connectivity index (χ2v) is 32.1. The molecule has 0 amide bonds. The van der Waals surface area contributed by atoms with Crippen LogP contribution in [0.5, 0.6) is 0 Å². The molecule has 5 nitrogen and oxygen atoms in total. The number of aromatic nitrogens is 3. The van der Waals surface area contributed by atoms with Gasteiger partial charge in [0.25, 0.3) is 0 Å². The molecule has 0 saturated heterocycles. The number of nitrogens with zero attached hydrogens (tertiary/aromatic N) is 5. The van der Waals surface area contributed by atoms with Crippen molar-refractivity contribution in [3.05, 3.63) is 306 Å². The van der Waals surface area contributed by atoms with Crippen molar-refractivity contribution < 1.29 is 0 Å². The third-order valence-corrected chi connectivity index (χ3v) is 21.6. The summed E-state index contributed by atoms with van der Waals surface area (Å²) in [6.07, 6.45) is 7.38. The summed E-state index contributed by atoms with van der Waals surface area (Å²) in [4.78, 5) is 2.59. The molecule has 17 rings (SSSR count). The van der Waals surface area contributed by atoms with Gasteiger partial charge in [-0.1, -0.05) is 271 Å². The van der Waals surface area contributed by atoms with E-state index in [1.54, 1.807) is 0 Å². The van der Waals surface area contributed by atoms with E-state index in [9.17, 15) is 5.26 Å². The van der Waals surface area contributed by atoms with Gasteiger partial charge in [-0.15, -0.1) is 0 Å². The fourth-order valence-corrected chi connectivity index (χ4v) is 16.2. The molecule has 488 valence electrons. The fraction of sp³-hybridized carbons (Fsp3) is 0.189. The maximum absolute atomic E-state index is 13.5. The molecule has 15 aromatic rings. The van der Waals surface area contributed by atoms with Crippen LogP contribution >= 0.6 is 0 Å². The summed E-state index contributed by atoms with van der Waals surface area (Å²) < 4.78 is 7.50. The van der Waals surface area contributed by atoms with Crippen molar-refractivity contribution in [1.29, 1.82) is 5.26 Å². The molecule has 12 aromatic carbocycles. The van der Waals surface area contributed by atoms with E-state index >= 15 is 0 Å². The van der Waals surface area contributed by atoms with E-state index in [0.717, 1.165) is 138 Å². The van der Waals surface area contributed by atoms with Gasteiger partial charge in [-0.2, -0.15) is 5.26 Å². The van der Waals surface area contributed by atoms with Crippen molar-refractivity contribution in [2.75, 3.05) is 4.90 Å². The van der Waals surface area contributed by atoms with E-state index in [1.807, 2.05) is 0 Å². The van der Waals surface area contributed by atoms with Crippen molar-refractivity contribution in [2.24, 2.45) is 5.41 Å². The Morgan fingerprint density at radius 2 is 0.650 bits per heavy atom. The monoisotopic (exact) mass is 1290 g/mol. The summed E-state index contributed by atoms with van der Waals surface area (Å²) in [5, 5.41) is 20.2. The summed E-state index contributed by atoms with van der Waals surface area (Å²) in [6.45, 7) is 27.8. The lowest BCUT2D eigenvalue weighted by Crippen LogP contribution is -2.32. The van der Waals surface area contributed by atoms with Gasteiger partial charge in [0, 0.05) is 43.9 Å². The van der Waals surface area contributed by atoms with Gasteiger partial charge in [0.05, 0.1) is 61.9 Å². The second-order valence-electron chi connectivity index (χ2n) is 32.1. The molecule has 0 fully saturated rings. The molecule has 1 aliphatic carbocycles. The van der Waals surface area contributed by atoms with E-state index < -0.39 is 0 Å². The Morgan fingerprint density at radius 1 is 0.310 bits per heavy atom. The molecular weight excluding hydrogens is 1210 g/mol. The van der Waals surface area contributed by atoms with E-state index in [0.29, 0.717) is 5.56 Å². The largest absolute Gasteiger partial charge is 0.330 e. The highest BCUT2D eigenvalue weighted by Crippen LogP contribution is 2.56. The van der Waals surface area contributed by atoms with Gasteiger partial charge in [0.2, 0.25) is 0 Å². The normalized spacial score (nSPS) is 15.0. The van der Waals surface area contributed by atoms with Gasteiger partial charge in [-0.3, -0.25) is 0 Å². The Morgan fingerprint density at radius 3 is 1.02 bits per heavy atom. The predicted octanol–water partition coefficient (Wildman–Crippen LogP) is 25.6. The highest BCUT2D eigenvalue weighted by molar-refractivity contribution is 6.16. The zero-order chi connectivity index (χ0) is 68.9. The maximum Gasteiger partial charge on any atom is 0.104 e. The maximum atomic E-state index is 13.5. The van der Waals surface area contributed by atoms with Crippen molar-refractivity contribution in [3.8, 4) is 67.6 Å². The Kier molecular flexibility index (Phi) is 14.3. The van der Waals surface area contributed by atoms with Crippen LogP contribution in [-0.2, 0) is 16.2 Å². The van der Waals surface area contributed by atoms with Crippen LogP contribution in [0, 0.1) is 16.7 Å². The minimum atomic E-state index is -0.203. The van der Waals surface area contributed by atoms with E-state index in [1.165, 1.54) is 27.8 Å². The number of hydrogen-bond acceptors (Lipinski definition) is 2. The van der Waals surface area contributed by atoms with Crippen LogP contribution in [-0.4, -0.2) is 19.7 Å². The zero-order valence-corrected chi connectivity index (χ0v) is 59.4. The summed E-state index contributed by atoms with van der Waals surface area (Å²) in [5.74, 6) is -0.0334. The van der Waals surface area contributed by atoms with Crippen molar-refractivity contribution >= 4 is 76.8 Å². The highest BCUT2D eigenvalue weighted by atomic mass is 15.2. The molecule has 0 radical (unpaired) electrons. The molecule has 0 spiro atoms. The molecule has 2 aliphatic rings. The van der Waals surface area contributed by atoms with Crippen LogP contribution in [0.25, 0.3) is 127 Å². The van der Waals surface area contributed by atoms with Crippen molar-refractivity contribution in [1.82, 2.24) is 13.7 Å². The van der Waals surface area contributed by atoms with Crippen LogP contribution in [0.1, 0.15) is 117 Å².